The molecule has 1 aromatic carbocycles. The molecule has 1 aliphatic carbocycles. The van der Waals surface area contributed by atoms with Crippen LogP contribution in [0.2, 0.25) is 0 Å². The summed E-state index contributed by atoms with van der Waals surface area (Å²) in [5.41, 5.74) is -1.61. The highest BCUT2D eigenvalue weighted by Gasteiger charge is 2.36. The molecule has 1 fully saturated rings. The Balaban J connectivity index is 1.91. The van der Waals surface area contributed by atoms with Crippen LogP contribution < -0.4 is 5.32 Å². The number of alkyl carbamates (subject to hydrolysis) is 1. The van der Waals surface area contributed by atoms with Crippen LogP contribution in [0, 0.1) is 5.92 Å². The summed E-state index contributed by atoms with van der Waals surface area (Å²) in [5, 5.41) is 2.65. The maximum atomic E-state index is 12.7. The summed E-state index contributed by atoms with van der Waals surface area (Å²) in [4.78, 5) is 11.3. The maximum Gasteiger partial charge on any atom is 0.416 e. The van der Waals surface area contributed by atoms with Crippen molar-refractivity contribution in [1.29, 1.82) is 0 Å². The van der Waals surface area contributed by atoms with Crippen molar-refractivity contribution in [2.24, 2.45) is 5.92 Å². The summed E-state index contributed by atoms with van der Waals surface area (Å²) in [6.45, 7) is 5.20. The molecule has 0 radical (unpaired) electrons. The molecule has 0 aliphatic heterocycles. The van der Waals surface area contributed by atoms with Crippen molar-refractivity contribution in [1.82, 2.24) is 5.32 Å². The second-order valence-electron chi connectivity index (χ2n) is 7.49. The molecule has 146 valence electrons. The highest BCUT2D eigenvalue weighted by molar-refractivity contribution is 7.91. The summed E-state index contributed by atoms with van der Waals surface area (Å²) >= 11 is 0. The number of rotatable bonds is 4. The standard InChI is InChI=1S/C17H22F3NO4S/c1-16(2,3)25-15(22)21-13-7-11(8-13)10-26(23,24)14-6-4-5-12(9-14)17(18,19)20/h4-6,9,11,13H,7-8,10H2,1-3H3,(H,21,22)/t11-,13-. The second-order valence-corrected chi connectivity index (χ2v) is 9.52. The minimum absolute atomic E-state index is 0.188. The average molecular weight is 393 g/mol. The highest BCUT2D eigenvalue weighted by Crippen LogP contribution is 2.33. The van der Waals surface area contributed by atoms with Gasteiger partial charge in [0.15, 0.2) is 9.84 Å². The van der Waals surface area contributed by atoms with E-state index in [1.54, 1.807) is 20.8 Å². The van der Waals surface area contributed by atoms with Crippen molar-refractivity contribution in [3.8, 4) is 0 Å². The van der Waals surface area contributed by atoms with Crippen LogP contribution in [0.4, 0.5) is 18.0 Å². The molecule has 1 aromatic rings. The van der Waals surface area contributed by atoms with Gasteiger partial charge in [0.25, 0.3) is 0 Å². The van der Waals surface area contributed by atoms with Crippen LogP contribution in [0.25, 0.3) is 0 Å². The van der Waals surface area contributed by atoms with Crippen LogP contribution >= 0.6 is 0 Å². The van der Waals surface area contributed by atoms with Crippen LogP contribution in [-0.4, -0.2) is 31.9 Å². The quantitative estimate of drug-likeness (QED) is 0.845. The van der Waals surface area contributed by atoms with Gasteiger partial charge in [-0.2, -0.15) is 13.2 Å². The van der Waals surface area contributed by atoms with Gasteiger partial charge < -0.3 is 10.1 Å². The summed E-state index contributed by atoms with van der Waals surface area (Å²) < 4.78 is 68.0. The third kappa shape index (κ3) is 5.62. The van der Waals surface area contributed by atoms with Gasteiger partial charge in [0.1, 0.15) is 5.60 Å². The number of hydrogen-bond donors (Lipinski definition) is 1. The summed E-state index contributed by atoms with van der Waals surface area (Å²) in [5.74, 6) is -0.463. The zero-order chi connectivity index (χ0) is 19.8. The second kappa shape index (κ2) is 7.09. The van der Waals surface area contributed by atoms with Crippen molar-refractivity contribution in [3.05, 3.63) is 29.8 Å². The summed E-state index contributed by atoms with van der Waals surface area (Å²) in [6, 6.07) is 3.56. The molecular weight excluding hydrogens is 371 g/mol. The van der Waals surface area contributed by atoms with Crippen molar-refractivity contribution in [2.45, 2.75) is 56.3 Å². The van der Waals surface area contributed by atoms with Gasteiger partial charge in [-0.3, -0.25) is 0 Å². The lowest BCUT2D eigenvalue weighted by Crippen LogP contribution is -2.47. The fraction of sp³-hybridized carbons (Fsp3) is 0.588. The first-order chi connectivity index (χ1) is 11.8. The first-order valence-corrected chi connectivity index (χ1v) is 9.81. The monoisotopic (exact) mass is 393 g/mol. The molecule has 0 unspecified atom stereocenters. The van der Waals surface area contributed by atoms with Crippen molar-refractivity contribution in [2.75, 3.05) is 5.75 Å². The molecule has 26 heavy (non-hydrogen) atoms. The Bertz CT molecular complexity index is 763. The summed E-state index contributed by atoms with van der Waals surface area (Å²) in [6.07, 6.45) is -4.28. The number of benzene rings is 1. The predicted molar refractivity (Wildman–Crippen MR) is 89.4 cm³/mol. The van der Waals surface area contributed by atoms with Crippen LogP contribution in [0.15, 0.2) is 29.2 Å². The molecule has 0 saturated heterocycles. The molecular formula is C17H22F3NO4S. The number of hydrogen-bond acceptors (Lipinski definition) is 4. The Kier molecular flexibility index (Phi) is 5.60. The van der Waals surface area contributed by atoms with Gasteiger partial charge in [0.05, 0.1) is 16.2 Å². The molecule has 0 spiro atoms. The average Bonchev–Trinajstić information content (AvgIpc) is 2.42. The van der Waals surface area contributed by atoms with E-state index in [0.717, 1.165) is 12.1 Å². The van der Waals surface area contributed by atoms with E-state index in [4.69, 9.17) is 4.74 Å². The van der Waals surface area contributed by atoms with Crippen molar-refractivity contribution in [3.63, 3.8) is 0 Å². The van der Waals surface area contributed by atoms with E-state index in [1.807, 2.05) is 0 Å². The molecule has 2 rings (SSSR count). The number of ether oxygens (including phenoxy) is 1. The zero-order valence-corrected chi connectivity index (χ0v) is 15.6. The minimum Gasteiger partial charge on any atom is -0.444 e. The number of alkyl halides is 3. The molecule has 1 saturated carbocycles. The summed E-state index contributed by atoms with van der Waals surface area (Å²) in [7, 11) is -3.83. The van der Waals surface area contributed by atoms with Crippen LogP contribution in [0.5, 0.6) is 0 Å². The highest BCUT2D eigenvalue weighted by atomic mass is 32.2. The van der Waals surface area contributed by atoms with Crippen molar-refractivity contribution >= 4 is 15.9 Å². The van der Waals surface area contributed by atoms with E-state index in [9.17, 15) is 26.4 Å². The van der Waals surface area contributed by atoms with Gasteiger partial charge in [-0.15, -0.1) is 0 Å². The number of carbonyl (C=O) groups is 1. The molecule has 1 N–H and O–H groups in total. The fourth-order valence-electron chi connectivity index (χ4n) is 2.74. The van der Waals surface area contributed by atoms with E-state index in [-0.39, 0.29) is 22.6 Å². The number of carbonyl (C=O) groups excluding carboxylic acids is 1. The first kappa shape index (κ1) is 20.5. The Morgan fingerprint density at radius 1 is 1.23 bits per heavy atom. The van der Waals surface area contributed by atoms with Gasteiger partial charge in [0, 0.05) is 6.04 Å². The SMILES string of the molecule is CC(C)(C)OC(=O)N[C@H]1C[C@H](CS(=O)(=O)c2cccc(C(F)(F)F)c2)C1. The number of sulfone groups is 1. The zero-order valence-electron chi connectivity index (χ0n) is 14.8. The van der Waals surface area contributed by atoms with E-state index in [0.29, 0.717) is 18.9 Å². The van der Waals surface area contributed by atoms with E-state index >= 15 is 0 Å². The maximum absolute atomic E-state index is 12.7. The Morgan fingerprint density at radius 3 is 2.38 bits per heavy atom. The molecule has 9 heteroatoms. The molecule has 0 atom stereocenters. The first-order valence-electron chi connectivity index (χ1n) is 8.16. The topological polar surface area (TPSA) is 72.5 Å². The number of amides is 1. The Morgan fingerprint density at radius 2 is 1.85 bits per heavy atom. The molecule has 5 nitrogen and oxygen atoms in total. The van der Waals surface area contributed by atoms with Gasteiger partial charge >= 0.3 is 12.3 Å². The molecule has 0 aromatic heterocycles. The Labute approximate surface area is 150 Å². The Hall–Kier alpha value is -1.77. The molecule has 0 heterocycles. The predicted octanol–water partition coefficient (Wildman–Crippen LogP) is 3.78. The van der Waals surface area contributed by atoms with Gasteiger partial charge in [-0.1, -0.05) is 6.07 Å². The lowest BCUT2D eigenvalue weighted by atomic mass is 9.82. The van der Waals surface area contributed by atoms with Gasteiger partial charge in [-0.25, -0.2) is 13.2 Å². The van der Waals surface area contributed by atoms with Gasteiger partial charge in [0.2, 0.25) is 0 Å². The molecule has 1 aliphatic rings. The molecule has 1 amide bonds. The third-order valence-corrected chi connectivity index (χ3v) is 5.81. The van der Waals surface area contributed by atoms with E-state index < -0.39 is 33.3 Å². The van der Waals surface area contributed by atoms with Crippen LogP contribution in [-0.2, 0) is 20.8 Å². The third-order valence-electron chi connectivity index (χ3n) is 3.93. The van der Waals surface area contributed by atoms with Crippen LogP contribution in [0.1, 0.15) is 39.2 Å². The van der Waals surface area contributed by atoms with Crippen molar-refractivity contribution < 1.29 is 31.1 Å². The largest absolute Gasteiger partial charge is 0.444 e. The lowest BCUT2D eigenvalue weighted by Gasteiger charge is -2.36. The van der Waals surface area contributed by atoms with E-state index in [2.05, 4.69) is 5.32 Å². The van der Waals surface area contributed by atoms with Crippen LogP contribution in [0.3, 0.4) is 0 Å². The minimum atomic E-state index is -4.59. The fourth-order valence-corrected chi connectivity index (χ4v) is 4.41. The normalized spacial score (nSPS) is 21.0. The van der Waals surface area contributed by atoms with Gasteiger partial charge in [-0.05, 0) is 57.7 Å². The van der Waals surface area contributed by atoms with E-state index in [1.165, 1.54) is 6.07 Å². The smallest absolute Gasteiger partial charge is 0.416 e. The number of nitrogens with one attached hydrogen (secondary N) is 1. The number of halogens is 3. The lowest BCUT2D eigenvalue weighted by molar-refractivity contribution is -0.137. The molecule has 0 bridgehead atoms.